The zero-order chi connectivity index (χ0) is 17.6. The Morgan fingerprint density at radius 1 is 1.08 bits per heavy atom. The Kier molecular flexibility index (Phi) is 5.59. The Bertz CT molecular complexity index is 742. The van der Waals surface area contributed by atoms with Gasteiger partial charge in [-0.2, -0.15) is 0 Å². The van der Waals surface area contributed by atoms with Crippen LogP contribution in [0.15, 0.2) is 42.5 Å². The van der Waals surface area contributed by atoms with Crippen LogP contribution < -0.4 is 14.8 Å². The number of carbonyl (C=O) groups is 1. The van der Waals surface area contributed by atoms with Crippen LogP contribution in [0, 0.1) is 0 Å². The van der Waals surface area contributed by atoms with Crippen molar-refractivity contribution >= 4 is 11.6 Å². The van der Waals surface area contributed by atoms with E-state index in [2.05, 4.69) is 17.4 Å². The van der Waals surface area contributed by atoms with Crippen LogP contribution in [0.3, 0.4) is 0 Å². The molecule has 0 spiro atoms. The lowest BCUT2D eigenvalue weighted by molar-refractivity contribution is -0.122. The van der Waals surface area contributed by atoms with Crippen molar-refractivity contribution in [2.75, 3.05) is 12.4 Å². The maximum atomic E-state index is 12.6. The summed E-state index contributed by atoms with van der Waals surface area (Å²) in [5.41, 5.74) is 3.47. The molecule has 0 unspecified atom stereocenters. The molecule has 4 nitrogen and oxygen atoms in total. The van der Waals surface area contributed by atoms with Gasteiger partial charge in [-0.3, -0.25) is 4.79 Å². The van der Waals surface area contributed by atoms with Gasteiger partial charge in [0.1, 0.15) is 11.5 Å². The first kappa shape index (κ1) is 17.3. The number of amides is 1. The van der Waals surface area contributed by atoms with Crippen LogP contribution in [0.1, 0.15) is 37.3 Å². The Balaban J connectivity index is 1.68. The number of aryl methyl sites for hydroxylation is 2. The third kappa shape index (κ3) is 4.32. The van der Waals surface area contributed by atoms with Crippen molar-refractivity contribution in [2.45, 2.75) is 45.1 Å². The normalized spacial score (nSPS) is 14.3. The molecule has 2 aromatic carbocycles. The topological polar surface area (TPSA) is 47.6 Å². The summed E-state index contributed by atoms with van der Waals surface area (Å²) in [5.74, 6) is 1.34. The molecule has 0 heterocycles. The second kappa shape index (κ2) is 8.06. The highest BCUT2D eigenvalue weighted by Gasteiger charge is 2.19. The number of rotatable bonds is 6. The van der Waals surface area contributed by atoms with Crippen LogP contribution in [0.2, 0.25) is 0 Å². The highest BCUT2D eigenvalue weighted by atomic mass is 16.5. The van der Waals surface area contributed by atoms with Gasteiger partial charge < -0.3 is 14.8 Å². The van der Waals surface area contributed by atoms with E-state index in [1.165, 1.54) is 24.0 Å². The van der Waals surface area contributed by atoms with Gasteiger partial charge in [0.2, 0.25) is 0 Å². The molecular formula is C21H25NO3. The average Bonchev–Trinajstić information content (AvgIpc) is 2.66. The molecular weight excluding hydrogens is 314 g/mol. The average molecular weight is 339 g/mol. The van der Waals surface area contributed by atoms with Gasteiger partial charge in [-0.05, 0) is 67.5 Å². The summed E-state index contributed by atoms with van der Waals surface area (Å²) < 4.78 is 11.2. The van der Waals surface area contributed by atoms with Crippen molar-refractivity contribution in [1.82, 2.24) is 0 Å². The smallest absolute Gasteiger partial charge is 0.265 e. The predicted octanol–water partition coefficient (Wildman–Crippen LogP) is 4.37. The first-order valence-corrected chi connectivity index (χ1v) is 8.93. The van der Waals surface area contributed by atoms with E-state index < -0.39 is 6.10 Å². The highest BCUT2D eigenvalue weighted by molar-refractivity contribution is 5.94. The number of benzene rings is 2. The van der Waals surface area contributed by atoms with Gasteiger partial charge in [0.25, 0.3) is 5.91 Å². The molecule has 0 aliphatic heterocycles. The SMILES string of the molecule is CC[C@@H](Oc1ccc2c(c1)CCCC2)C(=O)Nc1cccc(OC)c1. The fourth-order valence-electron chi connectivity index (χ4n) is 3.19. The van der Waals surface area contributed by atoms with Gasteiger partial charge in [-0.15, -0.1) is 0 Å². The molecule has 0 aromatic heterocycles. The van der Waals surface area contributed by atoms with Crippen LogP contribution in [-0.2, 0) is 17.6 Å². The van der Waals surface area contributed by atoms with Gasteiger partial charge in [0.15, 0.2) is 6.10 Å². The molecule has 1 atom stereocenters. The molecule has 0 fully saturated rings. The second-order valence-electron chi connectivity index (χ2n) is 6.37. The van der Waals surface area contributed by atoms with E-state index in [-0.39, 0.29) is 5.91 Å². The predicted molar refractivity (Wildman–Crippen MR) is 99.4 cm³/mol. The van der Waals surface area contributed by atoms with E-state index in [1.807, 2.05) is 31.2 Å². The summed E-state index contributed by atoms with van der Waals surface area (Å²) in [7, 11) is 1.61. The Labute approximate surface area is 149 Å². The molecule has 1 amide bonds. The molecule has 0 saturated carbocycles. The van der Waals surface area contributed by atoms with Crippen molar-refractivity contribution in [3.63, 3.8) is 0 Å². The minimum absolute atomic E-state index is 0.145. The quantitative estimate of drug-likeness (QED) is 0.850. The molecule has 4 heteroatoms. The molecule has 0 bridgehead atoms. The van der Waals surface area contributed by atoms with E-state index in [0.717, 1.165) is 18.6 Å². The monoisotopic (exact) mass is 339 g/mol. The third-order valence-corrected chi connectivity index (χ3v) is 4.60. The zero-order valence-electron chi connectivity index (χ0n) is 14.9. The van der Waals surface area contributed by atoms with Crippen molar-refractivity contribution in [2.24, 2.45) is 0 Å². The maximum Gasteiger partial charge on any atom is 0.265 e. The lowest BCUT2D eigenvalue weighted by Crippen LogP contribution is -2.32. The summed E-state index contributed by atoms with van der Waals surface area (Å²) in [6, 6.07) is 13.5. The molecule has 132 valence electrons. The number of anilines is 1. The molecule has 1 aliphatic carbocycles. The number of ether oxygens (including phenoxy) is 2. The van der Waals surface area contributed by atoms with Crippen LogP contribution in [-0.4, -0.2) is 19.1 Å². The summed E-state index contributed by atoms with van der Waals surface area (Å²) in [4.78, 5) is 12.6. The Morgan fingerprint density at radius 2 is 1.88 bits per heavy atom. The number of hydrogen-bond donors (Lipinski definition) is 1. The first-order chi connectivity index (χ1) is 12.2. The lowest BCUT2D eigenvalue weighted by Gasteiger charge is -2.20. The van der Waals surface area contributed by atoms with E-state index in [4.69, 9.17) is 9.47 Å². The van der Waals surface area contributed by atoms with Crippen molar-refractivity contribution < 1.29 is 14.3 Å². The van der Waals surface area contributed by atoms with Crippen molar-refractivity contribution in [3.8, 4) is 11.5 Å². The molecule has 1 aliphatic rings. The van der Waals surface area contributed by atoms with Crippen LogP contribution >= 0.6 is 0 Å². The lowest BCUT2D eigenvalue weighted by atomic mass is 9.92. The number of fused-ring (bicyclic) bond motifs is 1. The minimum atomic E-state index is -0.521. The van der Waals surface area contributed by atoms with E-state index in [9.17, 15) is 4.79 Å². The van der Waals surface area contributed by atoms with Crippen molar-refractivity contribution in [3.05, 3.63) is 53.6 Å². The van der Waals surface area contributed by atoms with Gasteiger partial charge in [0, 0.05) is 11.8 Å². The molecule has 25 heavy (non-hydrogen) atoms. The molecule has 3 rings (SSSR count). The van der Waals surface area contributed by atoms with Crippen LogP contribution in [0.25, 0.3) is 0 Å². The maximum absolute atomic E-state index is 12.6. The summed E-state index contributed by atoms with van der Waals surface area (Å²) in [6.45, 7) is 1.95. The van der Waals surface area contributed by atoms with Gasteiger partial charge in [0.05, 0.1) is 7.11 Å². The number of methoxy groups -OCH3 is 1. The molecule has 0 radical (unpaired) electrons. The standard InChI is InChI=1S/C21H25NO3/c1-3-20(21(23)22-17-9-6-10-18(14-17)24-2)25-19-12-11-15-7-4-5-8-16(15)13-19/h6,9-14,20H,3-5,7-8H2,1-2H3,(H,22,23)/t20-/m1/s1. The van der Waals surface area contributed by atoms with Crippen LogP contribution in [0.5, 0.6) is 11.5 Å². The second-order valence-corrected chi connectivity index (χ2v) is 6.37. The molecule has 1 N–H and O–H groups in total. The zero-order valence-corrected chi connectivity index (χ0v) is 14.9. The minimum Gasteiger partial charge on any atom is -0.497 e. The van der Waals surface area contributed by atoms with E-state index in [1.54, 1.807) is 13.2 Å². The number of nitrogens with one attached hydrogen (secondary N) is 1. The molecule has 2 aromatic rings. The number of carbonyl (C=O) groups excluding carboxylic acids is 1. The van der Waals surface area contributed by atoms with E-state index in [0.29, 0.717) is 17.9 Å². The first-order valence-electron chi connectivity index (χ1n) is 8.93. The molecule has 0 saturated heterocycles. The third-order valence-electron chi connectivity index (χ3n) is 4.60. The highest BCUT2D eigenvalue weighted by Crippen LogP contribution is 2.26. The van der Waals surface area contributed by atoms with E-state index >= 15 is 0 Å². The largest absolute Gasteiger partial charge is 0.497 e. The van der Waals surface area contributed by atoms with Crippen LogP contribution in [0.4, 0.5) is 5.69 Å². The van der Waals surface area contributed by atoms with Gasteiger partial charge >= 0.3 is 0 Å². The van der Waals surface area contributed by atoms with Gasteiger partial charge in [-0.25, -0.2) is 0 Å². The summed E-state index contributed by atoms with van der Waals surface area (Å²) >= 11 is 0. The fourth-order valence-corrected chi connectivity index (χ4v) is 3.19. The fraction of sp³-hybridized carbons (Fsp3) is 0.381. The Hall–Kier alpha value is -2.49. The number of hydrogen-bond acceptors (Lipinski definition) is 3. The summed E-state index contributed by atoms with van der Waals surface area (Å²) in [5, 5.41) is 2.91. The van der Waals surface area contributed by atoms with Gasteiger partial charge in [-0.1, -0.05) is 19.1 Å². The van der Waals surface area contributed by atoms with Crippen molar-refractivity contribution in [1.29, 1.82) is 0 Å². The summed E-state index contributed by atoms with van der Waals surface area (Å²) in [6.07, 6.45) is 4.81. The Morgan fingerprint density at radius 3 is 2.64 bits per heavy atom.